The van der Waals surface area contributed by atoms with Gasteiger partial charge in [0.15, 0.2) is 0 Å². The van der Waals surface area contributed by atoms with Crippen LogP contribution in [0.1, 0.15) is 38.2 Å². The molecular weight excluding hydrogens is 268 g/mol. The SMILES string of the molecule is CC(Cc1ccccc1Cl)NC1CCN2CCCCC12. The van der Waals surface area contributed by atoms with Crippen molar-refractivity contribution in [2.24, 2.45) is 0 Å². The highest BCUT2D eigenvalue weighted by Gasteiger charge is 2.35. The highest BCUT2D eigenvalue weighted by molar-refractivity contribution is 6.31. The van der Waals surface area contributed by atoms with Crippen LogP contribution in [-0.2, 0) is 6.42 Å². The molecule has 0 spiro atoms. The molecule has 2 aliphatic rings. The van der Waals surface area contributed by atoms with Crippen molar-refractivity contribution in [2.75, 3.05) is 13.1 Å². The Morgan fingerprint density at radius 1 is 1.25 bits per heavy atom. The van der Waals surface area contributed by atoms with Gasteiger partial charge in [0, 0.05) is 29.7 Å². The molecule has 1 N–H and O–H groups in total. The van der Waals surface area contributed by atoms with E-state index in [9.17, 15) is 0 Å². The topological polar surface area (TPSA) is 15.3 Å². The maximum atomic E-state index is 6.26. The first-order valence-electron chi connectivity index (χ1n) is 7.97. The van der Waals surface area contributed by atoms with Crippen LogP contribution in [0.15, 0.2) is 24.3 Å². The lowest BCUT2D eigenvalue weighted by Gasteiger charge is -2.34. The summed E-state index contributed by atoms with van der Waals surface area (Å²) in [6, 6.07) is 10.1. The second-order valence-electron chi connectivity index (χ2n) is 6.36. The maximum absolute atomic E-state index is 6.26. The first-order valence-corrected chi connectivity index (χ1v) is 8.35. The van der Waals surface area contributed by atoms with Crippen LogP contribution >= 0.6 is 11.6 Å². The van der Waals surface area contributed by atoms with E-state index in [0.717, 1.165) is 17.5 Å². The predicted molar refractivity (Wildman–Crippen MR) is 85.4 cm³/mol. The second-order valence-corrected chi connectivity index (χ2v) is 6.76. The molecule has 1 aromatic carbocycles. The fourth-order valence-electron chi connectivity index (χ4n) is 3.86. The molecule has 0 radical (unpaired) electrons. The summed E-state index contributed by atoms with van der Waals surface area (Å²) in [5.74, 6) is 0. The summed E-state index contributed by atoms with van der Waals surface area (Å²) >= 11 is 6.26. The lowest BCUT2D eigenvalue weighted by Crippen LogP contribution is -2.48. The summed E-state index contributed by atoms with van der Waals surface area (Å²) in [5, 5.41) is 4.75. The molecule has 0 aliphatic carbocycles. The van der Waals surface area contributed by atoms with Crippen molar-refractivity contribution in [3.05, 3.63) is 34.9 Å². The van der Waals surface area contributed by atoms with Gasteiger partial charge in [0.1, 0.15) is 0 Å². The molecule has 2 heterocycles. The lowest BCUT2D eigenvalue weighted by atomic mass is 9.97. The molecule has 110 valence electrons. The summed E-state index contributed by atoms with van der Waals surface area (Å²) in [4.78, 5) is 2.68. The van der Waals surface area contributed by atoms with Gasteiger partial charge in [0.25, 0.3) is 0 Å². The van der Waals surface area contributed by atoms with Gasteiger partial charge in [-0.1, -0.05) is 36.2 Å². The molecule has 0 aromatic heterocycles. The minimum atomic E-state index is 0.488. The third-order valence-corrected chi connectivity index (χ3v) is 5.21. The zero-order valence-corrected chi connectivity index (χ0v) is 13.1. The van der Waals surface area contributed by atoms with Gasteiger partial charge in [-0.15, -0.1) is 0 Å². The van der Waals surface area contributed by atoms with Gasteiger partial charge in [-0.05, 0) is 50.8 Å². The Morgan fingerprint density at radius 3 is 2.95 bits per heavy atom. The van der Waals surface area contributed by atoms with Gasteiger partial charge in [0.05, 0.1) is 0 Å². The molecule has 1 aromatic rings. The molecule has 20 heavy (non-hydrogen) atoms. The molecule has 2 fully saturated rings. The van der Waals surface area contributed by atoms with E-state index in [1.807, 2.05) is 12.1 Å². The highest BCUT2D eigenvalue weighted by Crippen LogP contribution is 2.27. The summed E-state index contributed by atoms with van der Waals surface area (Å²) in [7, 11) is 0. The van der Waals surface area contributed by atoms with Crippen LogP contribution in [0.25, 0.3) is 0 Å². The van der Waals surface area contributed by atoms with Crippen LogP contribution in [-0.4, -0.2) is 36.1 Å². The molecule has 2 aliphatic heterocycles. The third kappa shape index (κ3) is 3.19. The molecule has 3 atom stereocenters. The zero-order chi connectivity index (χ0) is 13.9. The van der Waals surface area contributed by atoms with E-state index in [1.54, 1.807) is 0 Å². The van der Waals surface area contributed by atoms with E-state index in [0.29, 0.717) is 12.1 Å². The Morgan fingerprint density at radius 2 is 2.10 bits per heavy atom. The summed E-state index contributed by atoms with van der Waals surface area (Å²) in [5.41, 5.74) is 1.26. The molecule has 3 unspecified atom stereocenters. The average molecular weight is 293 g/mol. The van der Waals surface area contributed by atoms with E-state index in [4.69, 9.17) is 11.6 Å². The van der Waals surface area contributed by atoms with Crippen molar-refractivity contribution in [2.45, 2.75) is 57.2 Å². The normalized spacial score (nSPS) is 28.3. The monoisotopic (exact) mass is 292 g/mol. The molecule has 3 rings (SSSR count). The Hall–Kier alpha value is -0.570. The minimum absolute atomic E-state index is 0.488. The second kappa shape index (κ2) is 6.46. The van der Waals surface area contributed by atoms with Crippen molar-refractivity contribution < 1.29 is 0 Å². The van der Waals surface area contributed by atoms with E-state index in [1.165, 1.54) is 44.3 Å². The molecule has 2 saturated heterocycles. The number of halogens is 1. The van der Waals surface area contributed by atoms with Crippen molar-refractivity contribution in [1.29, 1.82) is 0 Å². The van der Waals surface area contributed by atoms with Gasteiger partial charge in [-0.2, -0.15) is 0 Å². The van der Waals surface area contributed by atoms with Crippen LogP contribution in [0.4, 0.5) is 0 Å². The van der Waals surface area contributed by atoms with Crippen LogP contribution < -0.4 is 5.32 Å². The molecule has 2 nitrogen and oxygen atoms in total. The number of benzene rings is 1. The molecule has 0 amide bonds. The van der Waals surface area contributed by atoms with Crippen LogP contribution in [0, 0.1) is 0 Å². The van der Waals surface area contributed by atoms with Gasteiger partial charge < -0.3 is 5.32 Å². The van der Waals surface area contributed by atoms with Crippen molar-refractivity contribution >= 4 is 11.6 Å². The number of piperidine rings is 1. The summed E-state index contributed by atoms with van der Waals surface area (Å²) in [6.07, 6.45) is 6.48. The van der Waals surface area contributed by atoms with E-state index in [-0.39, 0.29) is 0 Å². The quantitative estimate of drug-likeness (QED) is 0.914. The van der Waals surface area contributed by atoms with E-state index in [2.05, 4.69) is 29.3 Å². The maximum Gasteiger partial charge on any atom is 0.0438 e. The fourth-order valence-corrected chi connectivity index (χ4v) is 4.07. The molecule has 3 heteroatoms. The van der Waals surface area contributed by atoms with Gasteiger partial charge in [0.2, 0.25) is 0 Å². The highest BCUT2D eigenvalue weighted by atomic mass is 35.5. The van der Waals surface area contributed by atoms with Crippen molar-refractivity contribution in [1.82, 2.24) is 10.2 Å². The molecular formula is C17H25ClN2. The Bertz CT molecular complexity index is 448. The number of hydrogen-bond acceptors (Lipinski definition) is 2. The lowest BCUT2D eigenvalue weighted by molar-refractivity contribution is 0.177. The van der Waals surface area contributed by atoms with Crippen LogP contribution in [0.5, 0.6) is 0 Å². The number of fused-ring (bicyclic) bond motifs is 1. The number of nitrogens with one attached hydrogen (secondary N) is 1. The zero-order valence-electron chi connectivity index (χ0n) is 12.3. The number of hydrogen-bond donors (Lipinski definition) is 1. The van der Waals surface area contributed by atoms with Gasteiger partial charge >= 0.3 is 0 Å². The number of rotatable bonds is 4. The summed E-state index contributed by atoms with van der Waals surface area (Å²) in [6.45, 7) is 4.87. The van der Waals surface area contributed by atoms with Crippen LogP contribution in [0.2, 0.25) is 5.02 Å². The predicted octanol–water partition coefficient (Wildman–Crippen LogP) is 3.49. The van der Waals surface area contributed by atoms with Crippen molar-refractivity contribution in [3.8, 4) is 0 Å². The standard InChI is InChI=1S/C17H25ClN2/c1-13(12-14-6-2-3-7-15(14)18)19-16-9-11-20-10-5-4-8-17(16)20/h2-3,6-7,13,16-17,19H,4-5,8-12H2,1H3. The largest absolute Gasteiger partial charge is 0.310 e. The Balaban J connectivity index is 1.56. The molecule has 0 saturated carbocycles. The first kappa shape index (κ1) is 14.4. The Labute approximate surface area is 127 Å². The first-order chi connectivity index (χ1) is 9.74. The van der Waals surface area contributed by atoms with E-state index < -0.39 is 0 Å². The third-order valence-electron chi connectivity index (χ3n) is 4.84. The smallest absolute Gasteiger partial charge is 0.0438 e. The van der Waals surface area contributed by atoms with Gasteiger partial charge in [-0.25, -0.2) is 0 Å². The summed E-state index contributed by atoms with van der Waals surface area (Å²) < 4.78 is 0. The number of nitrogens with zero attached hydrogens (tertiary/aromatic N) is 1. The van der Waals surface area contributed by atoms with Gasteiger partial charge in [-0.3, -0.25) is 4.90 Å². The van der Waals surface area contributed by atoms with Crippen LogP contribution in [0.3, 0.4) is 0 Å². The minimum Gasteiger partial charge on any atom is -0.310 e. The van der Waals surface area contributed by atoms with E-state index >= 15 is 0 Å². The fraction of sp³-hybridized carbons (Fsp3) is 0.647. The average Bonchev–Trinajstić information content (AvgIpc) is 2.85. The Kier molecular flexibility index (Phi) is 4.65. The van der Waals surface area contributed by atoms with Crippen molar-refractivity contribution in [3.63, 3.8) is 0 Å². The molecule has 0 bridgehead atoms.